The summed E-state index contributed by atoms with van der Waals surface area (Å²) < 4.78 is 4.75. The third kappa shape index (κ3) is 0.872. The SMILES string of the molecule is COC1=NCC(=O)N1C. The van der Waals surface area contributed by atoms with Crippen molar-refractivity contribution in [2.75, 3.05) is 20.7 Å². The van der Waals surface area contributed by atoms with Crippen molar-refractivity contribution in [3.05, 3.63) is 0 Å². The number of hydrogen-bond donors (Lipinski definition) is 0. The number of amidine groups is 1. The molecule has 1 amide bonds. The first-order valence-electron chi connectivity index (χ1n) is 2.60. The van der Waals surface area contributed by atoms with Crippen molar-refractivity contribution in [2.24, 2.45) is 4.99 Å². The molecule has 0 spiro atoms. The van der Waals surface area contributed by atoms with E-state index < -0.39 is 0 Å². The van der Waals surface area contributed by atoms with Gasteiger partial charge in [0.15, 0.2) is 0 Å². The average Bonchev–Trinajstić information content (AvgIpc) is 2.15. The van der Waals surface area contributed by atoms with E-state index >= 15 is 0 Å². The molecule has 0 aromatic carbocycles. The van der Waals surface area contributed by atoms with Gasteiger partial charge in [-0.15, -0.1) is 0 Å². The van der Waals surface area contributed by atoms with Gasteiger partial charge in [0.25, 0.3) is 11.9 Å². The summed E-state index contributed by atoms with van der Waals surface area (Å²) in [6.07, 6.45) is 0. The van der Waals surface area contributed by atoms with Gasteiger partial charge in [-0.3, -0.25) is 9.69 Å². The van der Waals surface area contributed by atoms with Gasteiger partial charge in [-0.2, -0.15) is 0 Å². The summed E-state index contributed by atoms with van der Waals surface area (Å²) in [6.45, 7) is 0.222. The standard InChI is InChI=1S/C5H8N2O2/c1-7-4(8)3-6-5(7)9-2/h3H2,1-2H3. The van der Waals surface area contributed by atoms with Gasteiger partial charge in [0.2, 0.25) is 0 Å². The molecule has 1 rings (SSSR count). The van der Waals surface area contributed by atoms with Crippen LogP contribution in [-0.2, 0) is 9.53 Å². The summed E-state index contributed by atoms with van der Waals surface area (Å²) in [4.78, 5) is 15.9. The highest BCUT2D eigenvalue weighted by Crippen LogP contribution is 1.98. The normalized spacial score (nSPS) is 18.2. The van der Waals surface area contributed by atoms with Gasteiger partial charge in [0.1, 0.15) is 6.54 Å². The summed E-state index contributed by atoms with van der Waals surface area (Å²) in [7, 11) is 3.13. The fourth-order valence-electron chi connectivity index (χ4n) is 0.656. The number of methoxy groups -OCH3 is 1. The number of ether oxygens (including phenoxy) is 1. The van der Waals surface area contributed by atoms with Gasteiger partial charge in [0.05, 0.1) is 7.11 Å². The van der Waals surface area contributed by atoms with Crippen molar-refractivity contribution in [3.63, 3.8) is 0 Å². The molecule has 0 aromatic heterocycles. The van der Waals surface area contributed by atoms with Crippen molar-refractivity contribution in [1.82, 2.24) is 4.90 Å². The molecule has 0 radical (unpaired) electrons. The molecule has 0 unspecified atom stereocenters. The summed E-state index contributed by atoms with van der Waals surface area (Å²) in [6, 6.07) is 0.403. The van der Waals surface area contributed by atoms with E-state index in [1.165, 1.54) is 12.0 Å². The summed E-state index contributed by atoms with van der Waals surface area (Å²) in [5.74, 6) is -0.0214. The number of nitrogens with zero attached hydrogens (tertiary/aromatic N) is 2. The molecular formula is C5H8N2O2. The van der Waals surface area contributed by atoms with Gasteiger partial charge >= 0.3 is 0 Å². The highest BCUT2D eigenvalue weighted by atomic mass is 16.5. The first-order chi connectivity index (χ1) is 4.25. The van der Waals surface area contributed by atoms with Gasteiger partial charge in [-0.1, -0.05) is 0 Å². The Morgan fingerprint density at radius 1 is 1.78 bits per heavy atom. The Morgan fingerprint density at radius 2 is 2.44 bits per heavy atom. The van der Waals surface area contributed by atoms with E-state index in [9.17, 15) is 4.79 Å². The highest BCUT2D eigenvalue weighted by Gasteiger charge is 2.20. The Kier molecular flexibility index (Phi) is 1.38. The Labute approximate surface area is 53.1 Å². The zero-order valence-electron chi connectivity index (χ0n) is 5.42. The van der Waals surface area contributed by atoms with Crippen LogP contribution in [0.5, 0.6) is 0 Å². The topological polar surface area (TPSA) is 41.9 Å². The number of amides is 1. The predicted octanol–water partition coefficient (Wildman–Crippen LogP) is -0.539. The van der Waals surface area contributed by atoms with Gasteiger partial charge in [0, 0.05) is 7.05 Å². The third-order valence-electron chi connectivity index (χ3n) is 1.19. The van der Waals surface area contributed by atoms with Crippen molar-refractivity contribution in [2.45, 2.75) is 0 Å². The minimum atomic E-state index is -0.0214. The first kappa shape index (κ1) is 6.07. The van der Waals surface area contributed by atoms with E-state index in [-0.39, 0.29) is 12.5 Å². The molecule has 4 nitrogen and oxygen atoms in total. The minimum Gasteiger partial charge on any atom is -0.468 e. The number of likely N-dealkylation sites (N-methyl/N-ethyl adjacent to an activating group) is 1. The molecule has 0 bridgehead atoms. The quantitative estimate of drug-likeness (QED) is 0.439. The van der Waals surface area contributed by atoms with Crippen molar-refractivity contribution < 1.29 is 9.53 Å². The van der Waals surface area contributed by atoms with E-state index in [2.05, 4.69) is 4.99 Å². The van der Waals surface area contributed by atoms with Crippen LogP contribution in [0.15, 0.2) is 4.99 Å². The molecule has 4 heteroatoms. The number of hydrogen-bond acceptors (Lipinski definition) is 3. The zero-order chi connectivity index (χ0) is 6.85. The van der Waals surface area contributed by atoms with E-state index in [1.54, 1.807) is 7.05 Å². The van der Waals surface area contributed by atoms with E-state index in [4.69, 9.17) is 4.74 Å². The third-order valence-corrected chi connectivity index (χ3v) is 1.19. The minimum absolute atomic E-state index is 0.0214. The second-order valence-corrected chi connectivity index (χ2v) is 1.76. The maximum Gasteiger partial charge on any atom is 0.294 e. The highest BCUT2D eigenvalue weighted by molar-refractivity contribution is 5.99. The van der Waals surface area contributed by atoms with Crippen molar-refractivity contribution >= 4 is 11.9 Å². The average molecular weight is 128 g/mol. The Balaban J connectivity index is 2.66. The number of rotatable bonds is 0. The molecule has 0 fully saturated rings. The maximum absolute atomic E-state index is 10.7. The first-order valence-corrected chi connectivity index (χ1v) is 2.60. The van der Waals surface area contributed by atoms with Crippen molar-refractivity contribution in [3.8, 4) is 0 Å². The van der Waals surface area contributed by atoms with Crippen LogP contribution >= 0.6 is 0 Å². The Morgan fingerprint density at radius 3 is 2.67 bits per heavy atom. The fourth-order valence-corrected chi connectivity index (χ4v) is 0.656. The van der Waals surface area contributed by atoms with E-state index in [0.29, 0.717) is 6.02 Å². The molecule has 0 aliphatic carbocycles. The van der Waals surface area contributed by atoms with E-state index in [0.717, 1.165) is 0 Å². The number of carbonyl (C=O) groups is 1. The van der Waals surface area contributed by atoms with Gasteiger partial charge in [-0.25, -0.2) is 4.99 Å². The summed E-state index contributed by atoms with van der Waals surface area (Å²) >= 11 is 0. The molecule has 0 saturated carbocycles. The largest absolute Gasteiger partial charge is 0.468 e. The van der Waals surface area contributed by atoms with Crippen LogP contribution < -0.4 is 0 Å². The second-order valence-electron chi connectivity index (χ2n) is 1.76. The molecule has 1 aliphatic rings. The Hall–Kier alpha value is -1.06. The number of carbonyl (C=O) groups excluding carboxylic acids is 1. The Bertz CT molecular complexity index is 164. The molecule has 0 aromatic rings. The van der Waals surface area contributed by atoms with Crippen LogP contribution in [0.2, 0.25) is 0 Å². The molecule has 1 heterocycles. The predicted molar refractivity (Wildman–Crippen MR) is 32.1 cm³/mol. The van der Waals surface area contributed by atoms with Crippen LogP contribution in [0.25, 0.3) is 0 Å². The zero-order valence-corrected chi connectivity index (χ0v) is 5.42. The fraction of sp³-hybridized carbons (Fsp3) is 0.600. The molecule has 50 valence electrons. The molecule has 0 atom stereocenters. The van der Waals surface area contributed by atoms with Gasteiger partial charge in [-0.05, 0) is 0 Å². The molecule has 9 heavy (non-hydrogen) atoms. The lowest BCUT2D eigenvalue weighted by molar-refractivity contribution is -0.124. The summed E-state index contributed by atoms with van der Waals surface area (Å²) in [5, 5.41) is 0. The molecular weight excluding hydrogens is 120 g/mol. The van der Waals surface area contributed by atoms with Crippen LogP contribution in [0, 0.1) is 0 Å². The van der Waals surface area contributed by atoms with E-state index in [1.807, 2.05) is 0 Å². The second kappa shape index (κ2) is 2.05. The lowest BCUT2D eigenvalue weighted by atomic mass is 10.6. The van der Waals surface area contributed by atoms with Crippen LogP contribution in [0.3, 0.4) is 0 Å². The lowest BCUT2D eigenvalue weighted by Crippen LogP contribution is -2.28. The van der Waals surface area contributed by atoms with Crippen molar-refractivity contribution in [1.29, 1.82) is 0 Å². The number of aliphatic imine (C=N–C) groups is 1. The van der Waals surface area contributed by atoms with Gasteiger partial charge < -0.3 is 4.74 Å². The van der Waals surface area contributed by atoms with Crippen LogP contribution in [0.4, 0.5) is 0 Å². The molecule has 1 aliphatic heterocycles. The smallest absolute Gasteiger partial charge is 0.294 e. The molecule has 0 saturated heterocycles. The monoisotopic (exact) mass is 128 g/mol. The lowest BCUT2D eigenvalue weighted by Gasteiger charge is -2.08. The molecule has 0 N–H and O–H groups in total. The van der Waals surface area contributed by atoms with Crippen LogP contribution in [-0.4, -0.2) is 37.5 Å². The summed E-state index contributed by atoms with van der Waals surface area (Å²) in [5.41, 5.74) is 0. The maximum atomic E-state index is 10.7. The van der Waals surface area contributed by atoms with Crippen LogP contribution in [0.1, 0.15) is 0 Å².